The van der Waals surface area contributed by atoms with Gasteiger partial charge in [-0.25, -0.2) is 4.39 Å². The van der Waals surface area contributed by atoms with E-state index in [9.17, 15) is 4.39 Å². The van der Waals surface area contributed by atoms with Gasteiger partial charge in [-0.15, -0.1) is 0 Å². The predicted octanol–water partition coefficient (Wildman–Crippen LogP) is 4.59. The normalized spacial score (nSPS) is 10.7. The molecule has 112 valence electrons. The van der Waals surface area contributed by atoms with Crippen molar-refractivity contribution in [1.29, 1.82) is 0 Å². The Morgan fingerprint density at radius 2 is 2.00 bits per heavy atom. The first-order valence-electron chi connectivity index (χ1n) is 6.97. The number of hydrogen-bond donors (Lipinski definition) is 1. The van der Waals surface area contributed by atoms with E-state index in [4.69, 9.17) is 4.74 Å². The van der Waals surface area contributed by atoms with Gasteiger partial charge in [0, 0.05) is 12.1 Å². The first kappa shape index (κ1) is 16.0. The van der Waals surface area contributed by atoms with Crippen molar-refractivity contribution >= 4 is 15.9 Å². The van der Waals surface area contributed by atoms with E-state index in [0.717, 1.165) is 40.0 Å². The Morgan fingerprint density at radius 3 is 2.71 bits per heavy atom. The molecular weight excluding hydrogens is 333 g/mol. The van der Waals surface area contributed by atoms with Crippen LogP contribution >= 0.6 is 15.9 Å². The van der Waals surface area contributed by atoms with Crippen LogP contribution in [0.25, 0.3) is 0 Å². The zero-order valence-corrected chi connectivity index (χ0v) is 13.8. The Kier molecular flexibility index (Phi) is 5.76. The van der Waals surface area contributed by atoms with Crippen LogP contribution in [0.2, 0.25) is 0 Å². The fourth-order valence-corrected chi connectivity index (χ4v) is 2.61. The van der Waals surface area contributed by atoms with Crippen LogP contribution in [0.5, 0.6) is 5.75 Å². The Morgan fingerprint density at radius 1 is 1.19 bits per heavy atom. The molecule has 4 heteroatoms. The highest BCUT2D eigenvalue weighted by Crippen LogP contribution is 2.30. The van der Waals surface area contributed by atoms with Crippen LogP contribution in [0.4, 0.5) is 4.39 Å². The van der Waals surface area contributed by atoms with Crippen molar-refractivity contribution in [3.05, 3.63) is 63.4 Å². The Balaban J connectivity index is 2.15. The van der Waals surface area contributed by atoms with Crippen LogP contribution in [0.15, 0.2) is 40.9 Å². The van der Waals surface area contributed by atoms with E-state index in [0.29, 0.717) is 6.61 Å². The van der Waals surface area contributed by atoms with Crippen LogP contribution in [0, 0.1) is 12.7 Å². The van der Waals surface area contributed by atoms with Crippen molar-refractivity contribution < 1.29 is 9.13 Å². The van der Waals surface area contributed by atoms with Gasteiger partial charge in [0.15, 0.2) is 0 Å². The van der Waals surface area contributed by atoms with E-state index >= 15 is 0 Å². The van der Waals surface area contributed by atoms with Gasteiger partial charge in [-0.2, -0.15) is 0 Å². The summed E-state index contributed by atoms with van der Waals surface area (Å²) < 4.78 is 20.0. The van der Waals surface area contributed by atoms with E-state index in [-0.39, 0.29) is 5.82 Å². The zero-order valence-electron chi connectivity index (χ0n) is 12.2. The summed E-state index contributed by atoms with van der Waals surface area (Å²) in [5.74, 6) is 0.618. The van der Waals surface area contributed by atoms with E-state index in [1.165, 1.54) is 12.1 Å². The number of nitrogens with one attached hydrogen (secondary N) is 1. The fraction of sp³-hybridized carbons (Fsp3) is 0.294. The summed E-state index contributed by atoms with van der Waals surface area (Å²) in [5.41, 5.74) is 2.99. The molecule has 0 spiro atoms. The van der Waals surface area contributed by atoms with Crippen LogP contribution in [-0.4, -0.2) is 6.54 Å². The average molecular weight is 352 g/mol. The second-order valence-electron chi connectivity index (χ2n) is 4.87. The van der Waals surface area contributed by atoms with Crippen molar-refractivity contribution in [2.75, 3.05) is 6.54 Å². The van der Waals surface area contributed by atoms with Crippen LogP contribution in [-0.2, 0) is 13.2 Å². The lowest BCUT2D eigenvalue weighted by atomic mass is 10.1. The van der Waals surface area contributed by atoms with Gasteiger partial charge in [-0.3, -0.25) is 0 Å². The van der Waals surface area contributed by atoms with Crippen molar-refractivity contribution in [2.24, 2.45) is 0 Å². The minimum absolute atomic E-state index is 0.218. The number of ether oxygens (including phenoxy) is 1. The Bertz CT molecular complexity index is 616. The van der Waals surface area contributed by atoms with Gasteiger partial charge in [0.25, 0.3) is 0 Å². The number of benzene rings is 2. The van der Waals surface area contributed by atoms with E-state index < -0.39 is 0 Å². The molecule has 0 fully saturated rings. The van der Waals surface area contributed by atoms with Gasteiger partial charge in [0.1, 0.15) is 18.2 Å². The topological polar surface area (TPSA) is 21.3 Å². The van der Waals surface area contributed by atoms with E-state index in [2.05, 4.69) is 28.2 Å². The molecule has 2 aromatic carbocycles. The summed E-state index contributed by atoms with van der Waals surface area (Å²) in [7, 11) is 0. The van der Waals surface area contributed by atoms with Crippen molar-refractivity contribution in [3.63, 3.8) is 0 Å². The quantitative estimate of drug-likeness (QED) is 0.821. The maximum Gasteiger partial charge on any atom is 0.138 e. The lowest BCUT2D eigenvalue weighted by molar-refractivity contribution is 0.299. The second kappa shape index (κ2) is 7.57. The van der Waals surface area contributed by atoms with Gasteiger partial charge in [-0.05, 0) is 58.7 Å². The third kappa shape index (κ3) is 4.29. The van der Waals surface area contributed by atoms with Crippen LogP contribution in [0.3, 0.4) is 0 Å². The standard InChI is InChI=1S/C17H19BrFNO/c1-3-20-10-13-5-4-6-16(18)17(13)21-11-14-7-8-15(19)9-12(14)2/h4-9,20H,3,10-11H2,1-2H3. The molecule has 1 N–H and O–H groups in total. The van der Waals surface area contributed by atoms with Crippen LogP contribution < -0.4 is 10.1 Å². The molecule has 2 aromatic rings. The summed E-state index contributed by atoms with van der Waals surface area (Å²) in [4.78, 5) is 0. The lowest BCUT2D eigenvalue weighted by Gasteiger charge is -2.14. The molecule has 0 saturated carbocycles. The SMILES string of the molecule is CCNCc1cccc(Br)c1OCc1ccc(F)cc1C. The predicted molar refractivity (Wildman–Crippen MR) is 87.0 cm³/mol. The van der Waals surface area contributed by atoms with Gasteiger partial charge in [0.05, 0.1) is 4.47 Å². The molecule has 0 aliphatic rings. The average Bonchev–Trinajstić information content (AvgIpc) is 2.45. The highest BCUT2D eigenvalue weighted by Gasteiger charge is 2.09. The third-order valence-corrected chi connectivity index (χ3v) is 3.92. The fourth-order valence-electron chi connectivity index (χ4n) is 2.09. The van der Waals surface area contributed by atoms with E-state index in [1.807, 2.05) is 25.1 Å². The molecule has 0 atom stereocenters. The molecule has 0 saturated heterocycles. The zero-order chi connectivity index (χ0) is 15.2. The molecule has 0 aliphatic heterocycles. The molecular formula is C17H19BrFNO. The molecule has 0 radical (unpaired) electrons. The Labute approximate surface area is 133 Å². The maximum atomic E-state index is 13.1. The smallest absolute Gasteiger partial charge is 0.138 e. The number of rotatable bonds is 6. The number of hydrogen-bond acceptors (Lipinski definition) is 2. The largest absolute Gasteiger partial charge is 0.487 e. The Hall–Kier alpha value is -1.39. The summed E-state index contributed by atoms with van der Waals surface area (Å²) in [6, 6.07) is 10.8. The number of para-hydroxylation sites is 1. The lowest BCUT2D eigenvalue weighted by Crippen LogP contribution is -2.13. The molecule has 21 heavy (non-hydrogen) atoms. The highest BCUT2D eigenvalue weighted by molar-refractivity contribution is 9.10. The van der Waals surface area contributed by atoms with Crippen molar-refractivity contribution in [2.45, 2.75) is 27.0 Å². The molecule has 0 aromatic heterocycles. The molecule has 0 heterocycles. The molecule has 0 unspecified atom stereocenters. The summed E-state index contributed by atoms with van der Waals surface area (Å²) >= 11 is 3.53. The summed E-state index contributed by atoms with van der Waals surface area (Å²) in [6.45, 7) is 6.05. The molecule has 0 aliphatic carbocycles. The van der Waals surface area contributed by atoms with E-state index in [1.54, 1.807) is 6.07 Å². The number of aryl methyl sites for hydroxylation is 1. The highest BCUT2D eigenvalue weighted by atomic mass is 79.9. The van der Waals surface area contributed by atoms with Crippen molar-refractivity contribution in [3.8, 4) is 5.75 Å². The van der Waals surface area contributed by atoms with Crippen LogP contribution in [0.1, 0.15) is 23.6 Å². The van der Waals surface area contributed by atoms with Crippen molar-refractivity contribution in [1.82, 2.24) is 5.32 Å². The molecule has 2 rings (SSSR count). The molecule has 0 bridgehead atoms. The molecule has 0 amide bonds. The maximum absolute atomic E-state index is 13.1. The minimum Gasteiger partial charge on any atom is -0.487 e. The minimum atomic E-state index is -0.218. The monoisotopic (exact) mass is 351 g/mol. The third-order valence-electron chi connectivity index (χ3n) is 3.29. The van der Waals surface area contributed by atoms with Gasteiger partial charge in [0.2, 0.25) is 0 Å². The number of halogens is 2. The first-order valence-corrected chi connectivity index (χ1v) is 7.77. The summed E-state index contributed by atoms with van der Waals surface area (Å²) in [5, 5.41) is 3.30. The molecule has 2 nitrogen and oxygen atoms in total. The van der Waals surface area contributed by atoms with Gasteiger partial charge >= 0.3 is 0 Å². The van der Waals surface area contributed by atoms with Gasteiger partial charge in [-0.1, -0.05) is 25.1 Å². The second-order valence-corrected chi connectivity index (χ2v) is 5.72. The van der Waals surface area contributed by atoms with Gasteiger partial charge < -0.3 is 10.1 Å². The summed E-state index contributed by atoms with van der Waals surface area (Å²) in [6.07, 6.45) is 0. The first-order chi connectivity index (χ1) is 10.1.